The fourth-order valence-corrected chi connectivity index (χ4v) is 2.08. The summed E-state index contributed by atoms with van der Waals surface area (Å²) in [5.41, 5.74) is 0. The van der Waals surface area contributed by atoms with Crippen LogP contribution < -0.4 is 5.32 Å². The van der Waals surface area contributed by atoms with Gasteiger partial charge in [0.2, 0.25) is 0 Å². The zero-order chi connectivity index (χ0) is 6.81. The summed E-state index contributed by atoms with van der Waals surface area (Å²) in [6.07, 6.45) is 3.14. The molecule has 0 bridgehead atoms. The van der Waals surface area contributed by atoms with Gasteiger partial charge in [-0.15, -0.1) is 36.2 Å². The van der Waals surface area contributed by atoms with Crippen LogP contribution in [0.4, 0.5) is 0 Å². The minimum atomic E-state index is 0. The Morgan fingerprint density at radius 3 is 2.83 bits per heavy atom. The number of halogens is 2. The molecule has 1 aromatic rings. The highest BCUT2D eigenvalue weighted by atomic mass is 35.5. The highest BCUT2D eigenvalue weighted by molar-refractivity contribution is 7.09. The Labute approximate surface area is 88.6 Å². The van der Waals surface area contributed by atoms with Crippen LogP contribution in [0.3, 0.4) is 0 Å². The Kier molecular flexibility index (Phi) is 5.84. The molecule has 1 aromatic heterocycles. The van der Waals surface area contributed by atoms with Crippen molar-refractivity contribution < 1.29 is 0 Å². The molecule has 0 radical (unpaired) electrons. The standard InChI is InChI=1S/C7H10N2S.2ClH/c1-2-8-5-6(1)7-9-3-4-10-7;;/h3-4,6,8H,1-2,5H2;2*1H. The molecule has 5 heteroatoms. The predicted octanol–water partition coefficient (Wildman–Crippen LogP) is 2.06. The van der Waals surface area contributed by atoms with Gasteiger partial charge in [0, 0.05) is 24.0 Å². The lowest BCUT2D eigenvalue weighted by molar-refractivity contribution is 0.755. The summed E-state index contributed by atoms with van der Waals surface area (Å²) in [7, 11) is 0. The summed E-state index contributed by atoms with van der Waals surface area (Å²) in [5, 5.41) is 6.67. The summed E-state index contributed by atoms with van der Waals surface area (Å²) in [6, 6.07) is 0. The van der Waals surface area contributed by atoms with Crippen LogP contribution in [0, 0.1) is 0 Å². The van der Waals surface area contributed by atoms with Crippen LogP contribution >= 0.6 is 36.2 Å². The van der Waals surface area contributed by atoms with Crippen LogP contribution in [-0.4, -0.2) is 18.1 Å². The predicted molar refractivity (Wildman–Crippen MR) is 56.8 cm³/mol. The summed E-state index contributed by atoms with van der Waals surface area (Å²) < 4.78 is 0. The lowest BCUT2D eigenvalue weighted by atomic mass is 10.1. The first kappa shape index (κ1) is 12.2. The van der Waals surface area contributed by atoms with Gasteiger partial charge in [-0.05, 0) is 13.0 Å². The zero-order valence-corrected chi connectivity index (χ0v) is 8.97. The van der Waals surface area contributed by atoms with Crippen molar-refractivity contribution in [2.45, 2.75) is 12.3 Å². The van der Waals surface area contributed by atoms with Crippen LogP contribution in [0.2, 0.25) is 0 Å². The Hall–Kier alpha value is 0.170. The van der Waals surface area contributed by atoms with Crippen LogP contribution in [0.15, 0.2) is 11.6 Å². The van der Waals surface area contributed by atoms with Crippen molar-refractivity contribution >= 4 is 36.2 Å². The van der Waals surface area contributed by atoms with E-state index in [1.165, 1.54) is 11.4 Å². The third-order valence-electron chi connectivity index (χ3n) is 1.86. The van der Waals surface area contributed by atoms with Gasteiger partial charge in [0.05, 0.1) is 5.01 Å². The van der Waals surface area contributed by atoms with E-state index in [1.54, 1.807) is 11.3 Å². The third kappa shape index (κ3) is 2.59. The smallest absolute Gasteiger partial charge is 0.0969 e. The Balaban J connectivity index is 0.000000605. The molecule has 2 heterocycles. The summed E-state index contributed by atoms with van der Waals surface area (Å²) in [4.78, 5) is 4.28. The van der Waals surface area contributed by atoms with Gasteiger partial charge >= 0.3 is 0 Å². The number of hydrogen-bond acceptors (Lipinski definition) is 3. The second-order valence-electron chi connectivity index (χ2n) is 2.56. The highest BCUT2D eigenvalue weighted by Gasteiger charge is 2.17. The first-order valence-corrected chi connectivity index (χ1v) is 4.45. The maximum Gasteiger partial charge on any atom is 0.0969 e. The normalized spacial score (nSPS) is 21.2. The molecule has 1 aliphatic heterocycles. The fraction of sp³-hybridized carbons (Fsp3) is 0.571. The number of nitrogens with one attached hydrogen (secondary N) is 1. The van der Waals surface area contributed by atoms with Crippen LogP contribution in [-0.2, 0) is 0 Å². The number of hydrogen-bond donors (Lipinski definition) is 1. The average molecular weight is 227 g/mol. The third-order valence-corrected chi connectivity index (χ3v) is 2.80. The lowest BCUT2D eigenvalue weighted by Crippen LogP contribution is -2.07. The molecule has 2 rings (SSSR count). The molecule has 1 atom stereocenters. The number of thiazole rings is 1. The molecule has 12 heavy (non-hydrogen) atoms. The van der Waals surface area contributed by atoms with Crippen molar-refractivity contribution in [3.63, 3.8) is 0 Å². The summed E-state index contributed by atoms with van der Waals surface area (Å²) >= 11 is 1.77. The molecule has 70 valence electrons. The van der Waals surface area contributed by atoms with E-state index in [0.717, 1.165) is 13.1 Å². The van der Waals surface area contributed by atoms with Gasteiger partial charge in [-0.2, -0.15) is 0 Å². The molecule has 1 unspecified atom stereocenters. The van der Waals surface area contributed by atoms with Gasteiger partial charge < -0.3 is 5.32 Å². The molecule has 1 N–H and O–H groups in total. The first-order valence-electron chi connectivity index (χ1n) is 3.57. The van der Waals surface area contributed by atoms with Crippen LogP contribution in [0.1, 0.15) is 17.3 Å². The molecule has 0 spiro atoms. The van der Waals surface area contributed by atoms with Crippen molar-refractivity contribution in [1.82, 2.24) is 10.3 Å². The minimum Gasteiger partial charge on any atom is -0.316 e. The summed E-state index contributed by atoms with van der Waals surface area (Å²) in [6.45, 7) is 2.28. The van der Waals surface area contributed by atoms with Gasteiger partial charge in [0.25, 0.3) is 0 Å². The summed E-state index contributed by atoms with van der Waals surface area (Å²) in [5.74, 6) is 0.694. The maximum absolute atomic E-state index is 4.28. The van der Waals surface area contributed by atoms with Crippen molar-refractivity contribution in [2.75, 3.05) is 13.1 Å². The topological polar surface area (TPSA) is 24.9 Å². The van der Waals surface area contributed by atoms with Crippen LogP contribution in [0.25, 0.3) is 0 Å². The molecule has 0 saturated carbocycles. The van der Waals surface area contributed by atoms with E-state index in [-0.39, 0.29) is 24.8 Å². The van der Waals surface area contributed by atoms with Gasteiger partial charge in [-0.1, -0.05) is 0 Å². The first-order chi connectivity index (χ1) is 4.97. The molecular weight excluding hydrogens is 215 g/mol. The number of nitrogens with zero attached hydrogens (tertiary/aromatic N) is 1. The molecule has 1 saturated heterocycles. The average Bonchev–Trinajstić information content (AvgIpc) is 2.59. The van der Waals surface area contributed by atoms with E-state index >= 15 is 0 Å². The Morgan fingerprint density at radius 1 is 1.50 bits per heavy atom. The van der Waals surface area contributed by atoms with Gasteiger partial charge in [0.1, 0.15) is 0 Å². The van der Waals surface area contributed by atoms with Crippen LogP contribution in [0.5, 0.6) is 0 Å². The van der Waals surface area contributed by atoms with E-state index in [4.69, 9.17) is 0 Å². The molecule has 0 amide bonds. The number of aromatic nitrogens is 1. The lowest BCUT2D eigenvalue weighted by Gasteiger charge is -2.00. The monoisotopic (exact) mass is 226 g/mol. The second kappa shape index (κ2) is 5.75. The molecule has 0 aromatic carbocycles. The van der Waals surface area contributed by atoms with Crippen molar-refractivity contribution in [2.24, 2.45) is 0 Å². The van der Waals surface area contributed by atoms with Crippen molar-refractivity contribution in [1.29, 1.82) is 0 Å². The molecule has 1 aliphatic rings. The quantitative estimate of drug-likeness (QED) is 0.794. The number of rotatable bonds is 1. The SMILES string of the molecule is Cl.Cl.c1csc(C2CCNC2)n1. The minimum absolute atomic E-state index is 0. The fourth-order valence-electron chi connectivity index (χ4n) is 1.30. The Bertz CT molecular complexity index is 197. The molecular formula is C7H12Cl2N2S. The largest absolute Gasteiger partial charge is 0.316 e. The maximum atomic E-state index is 4.28. The molecule has 1 fully saturated rings. The van der Waals surface area contributed by atoms with E-state index < -0.39 is 0 Å². The second-order valence-corrected chi connectivity index (χ2v) is 3.49. The van der Waals surface area contributed by atoms with Crippen molar-refractivity contribution in [3.8, 4) is 0 Å². The van der Waals surface area contributed by atoms with Gasteiger partial charge in [-0.25, -0.2) is 4.98 Å². The van der Waals surface area contributed by atoms with Gasteiger partial charge in [-0.3, -0.25) is 0 Å². The zero-order valence-electron chi connectivity index (χ0n) is 6.53. The highest BCUT2D eigenvalue weighted by Crippen LogP contribution is 2.23. The van der Waals surface area contributed by atoms with E-state index in [9.17, 15) is 0 Å². The van der Waals surface area contributed by atoms with E-state index in [1.807, 2.05) is 11.6 Å². The molecule has 2 nitrogen and oxygen atoms in total. The van der Waals surface area contributed by atoms with Gasteiger partial charge in [0.15, 0.2) is 0 Å². The Morgan fingerprint density at radius 2 is 2.33 bits per heavy atom. The molecule has 0 aliphatic carbocycles. The van der Waals surface area contributed by atoms with E-state index in [2.05, 4.69) is 10.3 Å². The van der Waals surface area contributed by atoms with Crippen molar-refractivity contribution in [3.05, 3.63) is 16.6 Å². The van der Waals surface area contributed by atoms with E-state index in [0.29, 0.717) is 5.92 Å².